The van der Waals surface area contributed by atoms with Crippen LogP contribution in [0.2, 0.25) is 0 Å². The van der Waals surface area contributed by atoms with Crippen LogP contribution in [0.1, 0.15) is 43.7 Å². The van der Waals surface area contributed by atoms with Gasteiger partial charge in [-0.15, -0.1) is 0 Å². The highest BCUT2D eigenvalue weighted by Crippen LogP contribution is 2.16. The summed E-state index contributed by atoms with van der Waals surface area (Å²) in [5.74, 6) is -0.929. The topological polar surface area (TPSA) is 80.4 Å². The van der Waals surface area contributed by atoms with Crippen molar-refractivity contribution in [1.29, 1.82) is 0 Å². The van der Waals surface area contributed by atoms with Crippen molar-refractivity contribution >= 4 is 11.8 Å². The number of ketones is 1. The molecule has 0 heterocycles. The third kappa shape index (κ3) is 5.59. The minimum absolute atomic E-state index is 0.00217. The average molecular weight is 249 g/mol. The molecule has 1 atom stereocenters. The van der Waals surface area contributed by atoms with E-state index in [4.69, 9.17) is 10.8 Å². The molecule has 0 saturated heterocycles. The number of rotatable bonds is 8. The molecule has 1 unspecified atom stereocenters. The molecular weight excluding hydrogens is 230 g/mol. The first kappa shape index (κ1) is 14.4. The van der Waals surface area contributed by atoms with Gasteiger partial charge in [-0.05, 0) is 18.4 Å². The summed E-state index contributed by atoms with van der Waals surface area (Å²) in [6, 6.07) is 9.69. The molecular formula is C14H19NO3. The summed E-state index contributed by atoms with van der Waals surface area (Å²) in [5, 5.41) is 8.45. The highest BCUT2D eigenvalue weighted by molar-refractivity contribution is 5.82. The normalized spacial score (nSPS) is 12.1. The molecule has 0 aromatic heterocycles. The van der Waals surface area contributed by atoms with Gasteiger partial charge in [-0.25, -0.2) is 0 Å². The lowest BCUT2D eigenvalue weighted by atomic mass is 10.0. The van der Waals surface area contributed by atoms with Crippen LogP contribution in [0.4, 0.5) is 0 Å². The number of carboxylic acid groups (broad SMARTS) is 1. The van der Waals surface area contributed by atoms with Gasteiger partial charge in [-0.1, -0.05) is 30.3 Å². The predicted molar refractivity (Wildman–Crippen MR) is 69.1 cm³/mol. The number of aliphatic carboxylic acids is 1. The van der Waals surface area contributed by atoms with Crippen LogP contribution >= 0.6 is 0 Å². The minimum atomic E-state index is -0.927. The van der Waals surface area contributed by atoms with E-state index in [1.54, 1.807) is 0 Å². The van der Waals surface area contributed by atoms with Crippen LogP contribution in [-0.4, -0.2) is 16.9 Å². The second-order valence-electron chi connectivity index (χ2n) is 4.34. The monoisotopic (exact) mass is 249 g/mol. The number of carboxylic acids is 1. The fourth-order valence-electron chi connectivity index (χ4n) is 1.76. The Hall–Kier alpha value is -1.68. The summed E-state index contributed by atoms with van der Waals surface area (Å²) in [7, 11) is 0. The number of hydrogen-bond acceptors (Lipinski definition) is 3. The molecule has 4 heteroatoms. The zero-order valence-corrected chi connectivity index (χ0v) is 10.3. The quantitative estimate of drug-likeness (QED) is 0.740. The number of benzene rings is 1. The second-order valence-corrected chi connectivity index (χ2v) is 4.34. The van der Waals surface area contributed by atoms with Crippen LogP contribution < -0.4 is 5.73 Å². The molecule has 0 fully saturated rings. The Kier molecular flexibility index (Phi) is 6.08. The Morgan fingerprint density at radius 3 is 2.39 bits per heavy atom. The van der Waals surface area contributed by atoms with Gasteiger partial charge in [-0.3, -0.25) is 9.59 Å². The van der Waals surface area contributed by atoms with E-state index in [0.29, 0.717) is 12.8 Å². The van der Waals surface area contributed by atoms with Gasteiger partial charge in [0.2, 0.25) is 0 Å². The first-order chi connectivity index (χ1) is 8.59. The zero-order chi connectivity index (χ0) is 13.4. The molecule has 0 radical (unpaired) electrons. The van der Waals surface area contributed by atoms with Crippen LogP contribution in [0.3, 0.4) is 0 Å². The second kappa shape index (κ2) is 7.61. The fraction of sp³-hybridized carbons (Fsp3) is 0.429. The maximum Gasteiger partial charge on any atom is 0.303 e. The molecule has 0 amide bonds. The predicted octanol–water partition coefficient (Wildman–Crippen LogP) is 2.29. The van der Waals surface area contributed by atoms with Crippen LogP contribution in [-0.2, 0) is 9.59 Å². The Morgan fingerprint density at radius 2 is 1.78 bits per heavy atom. The van der Waals surface area contributed by atoms with E-state index >= 15 is 0 Å². The molecule has 0 bridgehead atoms. The van der Waals surface area contributed by atoms with Gasteiger partial charge in [0.05, 0.1) is 6.42 Å². The molecule has 0 aliphatic rings. The van der Waals surface area contributed by atoms with Crippen LogP contribution in [0.25, 0.3) is 0 Å². The molecule has 18 heavy (non-hydrogen) atoms. The molecule has 1 aromatic rings. The SMILES string of the molecule is NC(CCCC(=O)CCC(=O)O)c1ccccc1. The number of Topliss-reactive ketones (excluding diaryl/α,β-unsaturated/α-hetero) is 1. The maximum atomic E-state index is 11.4. The van der Waals surface area contributed by atoms with Crippen molar-refractivity contribution in [2.75, 3.05) is 0 Å². The first-order valence-corrected chi connectivity index (χ1v) is 6.13. The van der Waals surface area contributed by atoms with Gasteiger partial charge in [0.15, 0.2) is 0 Å². The third-order valence-electron chi connectivity index (χ3n) is 2.82. The molecule has 0 aliphatic carbocycles. The Morgan fingerprint density at radius 1 is 1.11 bits per heavy atom. The number of hydrogen-bond donors (Lipinski definition) is 2. The first-order valence-electron chi connectivity index (χ1n) is 6.13. The van der Waals surface area contributed by atoms with E-state index in [2.05, 4.69) is 0 Å². The van der Waals surface area contributed by atoms with Crippen LogP contribution in [0.5, 0.6) is 0 Å². The number of nitrogens with two attached hydrogens (primary N) is 1. The molecule has 3 N–H and O–H groups in total. The smallest absolute Gasteiger partial charge is 0.303 e. The van der Waals surface area contributed by atoms with E-state index < -0.39 is 5.97 Å². The molecule has 0 aliphatic heterocycles. The van der Waals surface area contributed by atoms with Gasteiger partial charge >= 0.3 is 5.97 Å². The van der Waals surface area contributed by atoms with Crippen molar-refractivity contribution in [2.24, 2.45) is 5.73 Å². The lowest BCUT2D eigenvalue weighted by Crippen LogP contribution is -2.11. The largest absolute Gasteiger partial charge is 0.481 e. The summed E-state index contributed by atoms with van der Waals surface area (Å²) in [6.07, 6.45) is 1.89. The molecule has 1 aromatic carbocycles. The van der Waals surface area contributed by atoms with E-state index in [9.17, 15) is 9.59 Å². The Labute approximate surface area is 107 Å². The van der Waals surface area contributed by atoms with Crippen molar-refractivity contribution in [3.63, 3.8) is 0 Å². The molecule has 1 rings (SSSR count). The Bertz CT molecular complexity index is 389. The van der Waals surface area contributed by atoms with Crippen LogP contribution in [0.15, 0.2) is 30.3 Å². The summed E-state index contributed by atoms with van der Waals surface area (Å²) < 4.78 is 0. The van der Waals surface area contributed by atoms with Crippen LogP contribution in [0, 0.1) is 0 Å². The van der Waals surface area contributed by atoms with E-state index in [-0.39, 0.29) is 24.7 Å². The van der Waals surface area contributed by atoms with Crippen molar-refractivity contribution in [3.05, 3.63) is 35.9 Å². The highest BCUT2D eigenvalue weighted by atomic mass is 16.4. The molecule has 98 valence electrons. The van der Waals surface area contributed by atoms with Crippen molar-refractivity contribution in [3.8, 4) is 0 Å². The number of carbonyl (C=O) groups excluding carboxylic acids is 1. The van der Waals surface area contributed by atoms with E-state index in [1.165, 1.54) is 0 Å². The maximum absolute atomic E-state index is 11.4. The van der Waals surface area contributed by atoms with Gasteiger partial charge in [0, 0.05) is 18.9 Å². The van der Waals surface area contributed by atoms with Crippen molar-refractivity contribution < 1.29 is 14.7 Å². The van der Waals surface area contributed by atoms with E-state index in [0.717, 1.165) is 12.0 Å². The van der Waals surface area contributed by atoms with Crippen molar-refractivity contribution in [1.82, 2.24) is 0 Å². The molecule has 4 nitrogen and oxygen atoms in total. The number of carbonyl (C=O) groups is 2. The van der Waals surface area contributed by atoms with Gasteiger partial charge in [0.1, 0.15) is 5.78 Å². The lowest BCUT2D eigenvalue weighted by molar-refractivity contribution is -0.138. The molecule has 0 saturated carbocycles. The zero-order valence-electron chi connectivity index (χ0n) is 10.3. The fourth-order valence-corrected chi connectivity index (χ4v) is 1.76. The highest BCUT2D eigenvalue weighted by Gasteiger charge is 2.08. The summed E-state index contributed by atoms with van der Waals surface area (Å²) in [6.45, 7) is 0. The van der Waals surface area contributed by atoms with Gasteiger partial charge in [-0.2, -0.15) is 0 Å². The van der Waals surface area contributed by atoms with E-state index in [1.807, 2.05) is 30.3 Å². The van der Waals surface area contributed by atoms with Gasteiger partial charge in [0.25, 0.3) is 0 Å². The standard InChI is InChI=1S/C14H19NO3/c15-13(11-5-2-1-3-6-11)8-4-7-12(16)9-10-14(17)18/h1-3,5-6,13H,4,7-10,15H2,(H,17,18). The van der Waals surface area contributed by atoms with Gasteiger partial charge < -0.3 is 10.8 Å². The summed E-state index contributed by atoms with van der Waals surface area (Å²) in [5.41, 5.74) is 7.06. The molecule has 0 spiro atoms. The summed E-state index contributed by atoms with van der Waals surface area (Å²) >= 11 is 0. The lowest BCUT2D eigenvalue weighted by Gasteiger charge is -2.11. The average Bonchev–Trinajstić information content (AvgIpc) is 2.37. The minimum Gasteiger partial charge on any atom is -0.481 e. The Balaban J connectivity index is 2.21. The van der Waals surface area contributed by atoms with Crippen molar-refractivity contribution in [2.45, 2.75) is 38.1 Å². The third-order valence-corrected chi connectivity index (χ3v) is 2.82. The summed E-state index contributed by atoms with van der Waals surface area (Å²) in [4.78, 5) is 21.7.